The molecule has 0 spiro atoms. The first-order valence-corrected chi connectivity index (χ1v) is 3.93. The van der Waals surface area contributed by atoms with Crippen LogP contribution in [0.1, 0.15) is 5.56 Å². The molecule has 0 bridgehead atoms. The molecule has 0 fully saturated rings. The van der Waals surface area contributed by atoms with Crippen LogP contribution in [0.3, 0.4) is 0 Å². The van der Waals surface area contributed by atoms with Crippen LogP contribution in [0.2, 0.25) is 0 Å². The van der Waals surface area contributed by atoms with Gasteiger partial charge >= 0.3 is 0 Å². The molecule has 0 amide bonds. The summed E-state index contributed by atoms with van der Waals surface area (Å²) in [6, 6.07) is 3.82. The van der Waals surface area contributed by atoms with E-state index >= 15 is 0 Å². The summed E-state index contributed by atoms with van der Waals surface area (Å²) in [6.07, 6.45) is 1.77. The molecule has 0 aliphatic rings. The number of nitrogens with zero attached hydrogens (tertiary/aromatic N) is 1. The first-order valence-electron chi connectivity index (χ1n) is 3.93. The minimum absolute atomic E-state index is 0.419. The lowest BCUT2D eigenvalue weighted by molar-refractivity contribution is 1.22. The summed E-state index contributed by atoms with van der Waals surface area (Å²) in [7, 11) is 0. The van der Waals surface area contributed by atoms with Crippen LogP contribution in [-0.4, -0.2) is 4.98 Å². The number of nitrogens with two attached hydrogens (primary N) is 1. The summed E-state index contributed by atoms with van der Waals surface area (Å²) in [5, 5.41) is 2.94. The van der Waals surface area contributed by atoms with Gasteiger partial charge in [-0.05, 0) is 18.6 Å². The molecule has 0 radical (unpaired) electrons. The maximum Gasteiger partial charge on any atom is 0.130 e. The Morgan fingerprint density at radius 2 is 2.15 bits per heavy atom. The molecule has 1 aromatic heterocycles. The summed E-state index contributed by atoms with van der Waals surface area (Å²) >= 11 is 0. The number of rotatable bonds is 3. The Kier molecular flexibility index (Phi) is 2.69. The molecule has 68 valence electrons. The van der Waals surface area contributed by atoms with E-state index in [1.807, 2.05) is 19.1 Å². The number of anilines is 1. The number of hydrogen-bond acceptors (Lipinski definition) is 3. The van der Waals surface area contributed by atoms with Crippen molar-refractivity contribution < 1.29 is 0 Å². The SMILES string of the molecule is C=C(N)C(=C)Nc1ccc(C)cn1. The molecule has 3 N–H and O–H groups in total. The molecule has 3 nitrogen and oxygen atoms in total. The smallest absolute Gasteiger partial charge is 0.130 e. The second-order valence-electron chi connectivity index (χ2n) is 2.85. The van der Waals surface area contributed by atoms with E-state index in [0.717, 1.165) is 11.4 Å². The Balaban J connectivity index is 2.70. The molecule has 0 saturated heterocycles. The molecule has 0 atom stereocenters. The lowest BCUT2D eigenvalue weighted by Gasteiger charge is -2.07. The average Bonchev–Trinajstić information content (AvgIpc) is 2.08. The van der Waals surface area contributed by atoms with E-state index in [0.29, 0.717) is 11.4 Å². The first-order chi connectivity index (χ1) is 6.09. The van der Waals surface area contributed by atoms with E-state index in [4.69, 9.17) is 5.73 Å². The molecule has 13 heavy (non-hydrogen) atoms. The van der Waals surface area contributed by atoms with Crippen LogP contribution in [0.4, 0.5) is 5.82 Å². The van der Waals surface area contributed by atoms with Gasteiger partial charge in [-0.3, -0.25) is 0 Å². The van der Waals surface area contributed by atoms with Crippen LogP contribution in [0.5, 0.6) is 0 Å². The third-order valence-corrected chi connectivity index (χ3v) is 1.58. The fraction of sp³-hybridized carbons (Fsp3) is 0.100. The maximum atomic E-state index is 5.43. The number of nitrogens with one attached hydrogen (secondary N) is 1. The van der Waals surface area contributed by atoms with Crippen LogP contribution in [-0.2, 0) is 0 Å². The molecule has 0 saturated carbocycles. The van der Waals surface area contributed by atoms with Gasteiger partial charge < -0.3 is 11.1 Å². The normalized spacial score (nSPS) is 9.31. The monoisotopic (exact) mass is 175 g/mol. The standard InChI is InChI=1S/C10H13N3/c1-7-4-5-10(12-6-7)13-9(3)8(2)11/h4-6H,2-3,11H2,1H3,(H,12,13). The average molecular weight is 175 g/mol. The van der Waals surface area contributed by atoms with Gasteiger partial charge in [0.25, 0.3) is 0 Å². The molecule has 0 aromatic carbocycles. The first kappa shape index (κ1) is 9.32. The van der Waals surface area contributed by atoms with E-state index in [1.54, 1.807) is 6.20 Å². The van der Waals surface area contributed by atoms with Crippen LogP contribution >= 0.6 is 0 Å². The minimum Gasteiger partial charge on any atom is -0.398 e. The maximum absolute atomic E-state index is 5.43. The highest BCUT2D eigenvalue weighted by Gasteiger charge is 1.96. The van der Waals surface area contributed by atoms with Gasteiger partial charge in [0.15, 0.2) is 0 Å². The minimum atomic E-state index is 0.419. The fourth-order valence-electron chi connectivity index (χ4n) is 0.777. The van der Waals surface area contributed by atoms with Crippen molar-refractivity contribution in [2.75, 3.05) is 5.32 Å². The summed E-state index contributed by atoms with van der Waals surface area (Å²) in [6.45, 7) is 9.23. The second kappa shape index (κ2) is 3.76. The zero-order chi connectivity index (χ0) is 9.84. The van der Waals surface area contributed by atoms with E-state index in [2.05, 4.69) is 23.5 Å². The second-order valence-corrected chi connectivity index (χ2v) is 2.85. The number of pyridine rings is 1. The topological polar surface area (TPSA) is 50.9 Å². The molecule has 1 aromatic rings. The van der Waals surface area contributed by atoms with Gasteiger partial charge in [-0.25, -0.2) is 4.98 Å². The quantitative estimate of drug-likeness (QED) is 0.688. The zero-order valence-corrected chi connectivity index (χ0v) is 7.67. The van der Waals surface area contributed by atoms with E-state index in [1.165, 1.54) is 0 Å². The Morgan fingerprint density at radius 3 is 2.62 bits per heavy atom. The van der Waals surface area contributed by atoms with Gasteiger partial charge in [-0.1, -0.05) is 19.2 Å². The number of aromatic nitrogens is 1. The largest absolute Gasteiger partial charge is 0.398 e. The van der Waals surface area contributed by atoms with Gasteiger partial charge in [-0.2, -0.15) is 0 Å². The molecule has 0 unspecified atom stereocenters. The summed E-state index contributed by atoms with van der Waals surface area (Å²) < 4.78 is 0. The molecule has 1 heterocycles. The van der Waals surface area contributed by atoms with Crippen LogP contribution < -0.4 is 11.1 Å². The molecular formula is C10H13N3. The summed E-state index contributed by atoms with van der Waals surface area (Å²) in [5.41, 5.74) is 7.54. The highest BCUT2D eigenvalue weighted by Crippen LogP contribution is 2.08. The Bertz CT molecular complexity index is 325. The summed E-state index contributed by atoms with van der Waals surface area (Å²) in [4.78, 5) is 4.13. The zero-order valence-electron chi connectivity index (χ0n) is 7.67. The van der Waals surface area contributed by atoms with E-state index in [-0.39, 0.29) is 0 Å². The van der Waals surface area contributed by atoms with Gasteiger partial charge in [0.1, 0.15) is 5.82 Å². The fourth-order valence-corrected chi connectivity index (χ4v) is 0.777. The number of aryl methyl sites for hydroxylation is 1. The summed E-state index contributed by atoms with van der Waals surface area (Å²) in [5.74, 6) is 0.724. The Labute approximate surface area is 78.0 Å². The lowest BCUT2D eigenvalue weighted by atomic mass is 10.3. The lowest BCUT2D eigenvalue weighted by Crippen LogP contribution is -2.07. The highest BCUT2D eigenvalue weighted by molar-refractivity contribution is 5.46. The predicted octanol–water partition coefficient (Wildman–Crippen LogP) is 1.79. The van der Waals surface area contributed by atoms with Gasteiger partial charge in [-0.15, -0.1) is 0 Å². The van der Waals surface area contributed by atoms with Crippen LogP contribution in [0.25, 0.3) is 0 Å². The number of hydrogen-bond donors (Lipinski definition) is 2. The van der Waals surface area contributed by atoms with Crippen molar-refractivity contribution in [2.24, 2.45) is 5.73 Å². The van der Waals surface area contributed by atoms with Crippen molar-refractivity contribution in [3.8, 4) is 0 Å². The van der Waals surface area contributed by atoms with Gasteiger partial charge in [0.2, 0.25) is 0 Å². The third-order valence-electron chi connectivity index (χ3n) is 1.58. The van der Waals surface area contributed by atoms with Gasteiger partial charge in [0, 0.05) is 11.9 Å². The van der Waals surface area contributed by atoms with Crippen LogP contribution in [0, 0.1) is 6.92 Å². The molecule has 3 heteroatoms. The highest BCUT2D eigenvalue weighted by atomic mass is 15.0. The van der Waals surface area contributed by atoms with E-state index in [9.17, 15) is 0 Å². The van der Waals surface area contributed by atoms with Crippen molar-refractivity contribution in [3.63, 3.8) is 0 Å². The molecular weight excluding hydrogens is 162 g/mol. The van der Waals surface area contributed by atoms with E-state index < -0.39 is 0 Å². The van der Waals surface area contributed by atoms with Gasteiger partial charge in [0.05, 0.1) is 5.70 Å². The van der Waals surface area contributed by atoms with Crippen molar-refractivity contribution in [3.05, 3.63) is 48.4 Å². The van der Waals surface area contributed by atoms with Crippen molar-refractivity contribution in [2.45, 2.75) is 6.92 Å². The predicted molar refractivity (Wildman–Crippen MR) is 55.1 cm³/mol. The Hall–Kier alpha value is -1.77. The third kappa shape index (κ3) is 2.63. The molecule has 1 rings (SSSR count). The Morgan fingerprint density at radius 1 is 1.46 bits per heavy atom. The van der Waals surface area contributed by atoms with Crippen molar-refractivity contribution in [1.82, 2.24) is 4.98 Å². The molecule has 0 aliphatic carbocycles. The van der Waals surface area contributed by atoms with Crippen LogP contribution in [0.15, 0.2) is 42.9 Å². The van der Waals surface area contributed by atoms with Crippen molar-refractivity contribution >= 4 is 5.82 Å². The van der Waals surface area contributed by atoms with Crippen molar-refractivity contribution in [1.29, 1.82) is 0 Å². The molecule has 0 aliphatic heterocycles.